The lowest BCUT2D eigenvalue weighted by Crippen LogP contribution is -2.40. The van der Waals surface area contributed by atoms with E-state index in [0.717, 1.165) is 25.0 Å². The zero-order chi connectivity index (χ0) is 9.84. The summed E-state index contributed by atoms with van der Waals surface area (Å²) in [6, 6.07) is 0.266. The fourth-order valence-corrected chi connectivity index (χ4v) is 1.70. The van der Waals surface area contributed by atoms with Crippen LogP contribution in [0.2, 0.25) is 0 Å². The van der Waals surface area contributed by atoms with Crippen molar-refractivity contribution in [2.24, 2.45) is 5.73 Å². The van der Waals surface area contributed by atoms with Gasteiger partial charge in [-0.1, -0.05) is 6.08 Å². The van der Waals surface area contributed by atoms with E-state index in [1.54, 1.807) is 0 Å². The van der Waals surface area contributed by atoms with Crippen molar-refractivity contribution in [3.8, 4) is 0 Å². The summed E-state index contributed by atoms with van der Waals surface area (Å²) in [6.45, 7) is 5.20. The first-order valence-electron chi connectivity index (χ1n) is 4.84. The number of rotatable bonds is 2. The van der Waals surface area contributed by atoms with E-state index in [0.29, 0.717) is 6.54 Å². The van der Waals surface area contributed by atoms with Crippen LogP contribution in [-0.2, 0) is 4.79 Å². The lowest BCUT2D eigenvalue weighted by Gasteiger charge is -2.23. The van der Waals surface area contributed by atoms with Gasteiger partial charge in [0.05, 0.1) is 0 Å². The van der Waals surface area contributed by atoms with Gasteiger partial charge >= 0.3 is 0 Å². The number of carbonyl (C=O) groups excluding carboxylic acids is 1. The van der Waals surface area contributed by atoms with Crippen LogP contribution >= 0.6 is 0 Å². The molecule has 1 fully saturated rings. The Bertz CT molecular complexity index is 223. The number of nitrogens with zero attached hydrogens (tertiary/aromatic N) is 1. The van der Waals surface area contributed by atoms with Crippen molar-refractivity contribution < 1.29 is 4.79 Å². The Balaban J connectivity index is 2.65. The van der Waals surface area contributed by atoms with Crippen molar-refractivity contribution in [3.63, 3.8) is 0 Å². The van der Waals surface area contributed by atoms with Crippen LogP contribution in [0, 0.1) is 0 Å². The third-order valence-corrected chi connectivity index (χ3v) is 2.68. The van der Waals surface area contributed by atoms with Gasteiger partial charge in [-0.25, -0.2) is 0 Å². The minimum atomic E-state index is 0.149. The fourth-order valence-electron chi connectivity index (χ4n) is 1.70. The maximum Gasteiger partial charge on any atom is 0.249 e. The Morgan fingerprint density at radius 3 is 2.92 bits per heavy atom. The van der Waals surface area contributed by atoms with Gasteiger partial charge in [-0.2, -0.15) is 0 Å². The summed E-state index contributed by atoms with van der Waals surface area (Å²) in [6.07, 6.45) is 4.00. The Labute approximate surface area is 79.6 Å². The van der Waals surface area contributed by atoms with Crippen molar-refractivity contribution >= 4 is 5.91 Å². The van der Waals surface area contributed by atoms with E-state index in [-0.39, 0.29) is 11.9 Å². The molecule has 1 atom stereocenters. The van der Waals surface area contributed by atoms with Crippen molar-refractivity contribution in [2.45, 2.75) is 32.7 Å². The summed E-state index contributed by atoms with van der Waals surface area (Å²) >= 11 is 0. The van der Waals surface area contributed by atoms with Crippen molar-refractivity contribution in [1.29, 1.82) is 0 Å². The van der Waals surface area contributed by atoms with Crippen LogP contribution in [0.3, 0.4) is 0 Å². The van der Waals surface area contributed by atoms with Crippen LogP contribution in [0.15, 0.2) is 11.6 Å². The first kappa shape index (κ1) is 10.3. The smallest absolute Gasteiger partial charge is 0.249 e. The van der Waals surface area contributed by atoms with Gasteiger partial charge in [0, 0.05) is 24.7 Å². The molecule has 1 heterocycles. The van der Waals surface area contributed by atoms with Crippen LogP contribution in [0.1, 0.15) is 26.7 Å². The molecule has 0 spiro atoms. The van der Waals surface area contributed by atoms with E-state index >= 15 is 0 Å². The molecule has 1 rings (SSSR count). The minimum Gasteiger partial charge on any atom is -0.335 e. The predicted molar refractivity (Wildman–Crippen MR) is 53.2 cm³/mol. The SMILES string of the molecule is C/C=C(\C)C(=O)N1CCC[C@@H]1CN. The van der Waals surface area contributed by atoms with E-state index in [4.69, 9.17) is 5.73 Å². The summed E-state index contributed by atoms with van der Waals surface area (Å²) in [4.78, 5) is 13.6. The second kappa shape index (κ2) is 4.42. The number of nitrogens with two attached hydrogens (primary N) is 1. The molecule has 0 aliphatic carbocycles. The monoisotopic (exact) mass is 182 g/mol. The molecule has 0 radical (unpaired) electrons. The zero-order valence-electron chi connectivity index (χ0n) is 8.42. The topological polar surface area (TPSA) is 46.3 Å². The molecule has 74 valence electrons. The molecule has 0 aromatic carbocycles. The maximum atomic E-state index is 11.7. The van der Waals surface area contributed by atoms with E-state index in [1.807, 2.05) is 24.8 Å². The number of hydrogen-bond donors (Lipinski definition) is 1. The van der Waals surface area contributed by atoms with Crippen LogP contribution in [0.5, 0.6) is 0 Å². The minimum absolute atomic E-state index is 0.149. The van der Waals surface area contributed by atoms with E-state index < -0.39 is 0 Å². The quantitative estimate of drug-likeness (QED) is 0.645. The summed E-state index contributed by atoms with van der Waals surface area (Å²) < 4.78 is 0. The highest BCUT2D eigenvalue weighted by Crippen LogP contribution is 2.18. The number of amides is 1. The average molecular weight is 182 g/mol. The van der Waals surface area contributed by atoms with Crippen LogP contribution in [0.25, 0.3) is 0 Å². The first-order chi connectivity index (χ1) is 6.20. The van der Waals surface area contributed by atoms with Crippen molar-refractivity contribution in [2.75, 3.05) is 13.1 Å². The van der Waals surface area contributed by atoms with Crippen LogP contribution < -0.4 is 5.73 Å². The molecule has 2 N–H and O–H groups in total. The van der Waals surface area contributed by atoms with Gasteiger partial charge in [0.2, 0.25) is 5.91 Å². The van der Waals surface area contributed by atoms with Crippen LogP contribution in [0.4, 0.5) is 0 Å². The molecule has 0 bridgehead atoms. The Kier molecular flexibility index (Phi) is 3.48. The number of carbonyl (C=O) groups is 1. The fraction of sp³-hybridized carbons (Fsp3) is 0.700. The van der Waals surface area contributed by atoms with Gasteiger partial charge in [-0.15, -0.1) is 0 Å². The molecule has 1 aliphatic heterocycles. The summed E-state index contributed by atoms with van der Waals surface area (Å²) in [7, 11) is 0. The number of allylic oxidation sites excluding steroid dienone is 1. The predicted octanol–water partition coefficient (Wildman–Crippen LogP) is 0.902. The molecular weight excluding hydrogens is 164 g/mol. The van der Waals surface area contributed by atoms with Gasteiger partial charge in [-0.05, 0) is 26.7 Å². The second-order valence-corrected chi connectivity index (χ2v) is 3.50. The van der Waals surface area contributed by atoms with E-state index in [9.17, 15) is 4.79 Å². The van der Waals surface area contributed by atoms with Crippen molar-refractivity contribution in [3.05, 3.63) is 11.6 Å². The Morgan fingerprint density at radius 2 is 2.38 bits per heavy atom. The molecular formula is C10H18N2O. The molecule has 0 unspecified atom stereocenters. The lowest BCUT2D eigenvalue weighted by atomic mass is 10.2. The molecule has 3 heteroatoms. The standard InChI is InChI=1S/C10H18N2O/c1-3-8(2)10(13)12-6-4-5-9(12)7-11/h3,9H,4-7,11H2,1-2H3/b8-3+/t9-/m1/s1. The zero-order valence-corrected chi connectivity index (χ0v) is 8.42. The summed E-state index contributed by atoms with van der Waals surface area (Å²) in [5.74, 6) is 0.149. The highest BCUT2D eigenvalue weighted by atomic mass is 16.2. The largest absolute Gasteiger partial charge is 0.335 e. The second-order valence-electron chi connectivity index (χ2n) is 3.50. The molecule has 0 saturated carbocycles. The normalized spacial score (nSPS) is 23.8. The van der Waals surface area contributed by atoms with Crippen molar-refractivity contribution in [1.82, 2.24) is 4.90 Å². The first-order valence-corrected chi connectivity index (χ1v) is 4.84. The molecule has 0 aromatic rings. The Morgan fingerprint density at radius 1 is 1.69 bits per heavy atom. The van der Waals surface area contributed by atoms with Gasteiger partial charge in [-0.3, -0.25) is 4.79 Å². The van der Waals surface area contributed by atoms with Gasteiger partial charge < -0.3 is 10.6 Å². The van der Waals surface area contributed by atoms with E-state index in [2.05, 4.69) is 0 Å². The highest BCUT2D eigenvalue weighted by molar-refractivity contribution is 5.93. The average Bonchev–Trinajstić information content (AvgIpc) is 2.62. The maximum absolute atomic E-state index is 11.7. The summed E-state index contributed by atoms with van der Waals surface area (Å²) in [5, 5.41) is 0. The lowest BCUT2D eigenvalue weighted by molar-refractivity contribution is -0.127. The molecule has 1 amide bonds. The molecule has 3 nitrogen and oxygen atoms in total. The third-order valence-electron chi connectivity index (χ3n) is 2.68. The van der Waals surface area contributed by atoms with E-state index in [1.165, 1.54) is 0 Å². The summed E-state index contributed by atoms with van der Waals surface area (Å²) in [5.41, 5.74) is 6.41. The third kappa shape index (κ3) is 2.10. The van der Waals surface area contributed by atoms with Gasteiger partial charge in [0.1, 0.15) is 0 Å². The Hall–Kier alpha value is -0.830. The highest BCUT2D eigenvalue weighted by Gasteiger charge is 2.27. The van der Waals surface area contributed by atoms with Crippen LogP contribution in [-0.4, -0.2) is 29.9 Å². The molecule has 1 aliphatic rings. The number of hydrogen-bond acceptors (Lipinski definition) is 2. The molecule has 1 saturated heterocycles. The molecule has 0 aromatic heterocycles. The number of likely N-dealkylation sites (tertiary alicyclic amines) is 1. The molecule has 13 heavy (non-hydrogen) atoms. The van der Waals surface area contributed by atoms with Gasteiger partial charge in [0.15, 0.2) is 0 Å². The van der Waals surface area contributed by atoms with Gasteiger partial charge in [0.25, 0.3) is 0 Å².